The number of H-pyrrole nitrogens is 1. The van der Waals surface area contributed by atoms with Gasteiger partial charge in [-0.15, -0.1) is 12.4 Å². The minimum Gasteiger partial charge on any atom is -0.493 e. The number of fused-ring (bicyclic) bond motifs is 3. The van der Waals surface area contributed by atoms with Crippen LogP contribution in [0.3, 0.4) is 0 Å². The Bertz CT molecular complexity index is 920. The third-order valence-electron chi connectivity index (χ3n) is 5.10. The van der Waals surface area contributed by atoms with Gasteiger partial charge in [0.25, 0.3) is 0 Å². The standard InChI is InChI=1S/C21H24N2O2.ClH/c1-13-4-6-17-16(10-13)15-8-9-22-18(21(15)23-17)11-14-5-7-19(24-2)20(12-14)25-3;/h4-7,10,12,18,22-23H,8-9,11H2,1-3H3;1H. The van der Waals surface area contributed by atoms with Gasteiger partial charge in [0.1, 0.15) is 0 Å². The molecule has 0 bridgehead atoms. The monoisotopic (exact) mass is 372 g/mol. The van der Waals surface area contributed by atoms with E-state index in [0.29, 0.717) is 0 Å². The second kappa shape index (κ2) is 7.60. The van der Waals surface area contributed by atoms with Crippen LogP contribution in [0.2, 0.25) is 0 Å². The van der Waals surface area contributed by atoms with Gasteiger partial charge in [-0.25, -0.2) is 0 Å². The van der Waals surface area contributed by atoms with Crippen molar-refractivity contribution in [3.63, 3.8) is 0 Å². The average Bonchev–Trinajstić information content (AvgIpc) is 3.00. The van der Waals surface area contributed by atoms with Crippen LogP contribution in [-0.4, -0.2) is 25.7 Å². The van der Waals surface area contributed by atoms with E-state index >= 15 is 0 Å². The number of benzene rings is 2. The Morgan fingerprint density at radius 1 is 1.04 bits per heavy atom. The highest BCUT2D eigenvalue weighted by Crippen LogP contribution is 2.34. The van der Waals surface area contributed by atoms with E-state index in [1.807, 2.05) is 6.07 Å². The van der Waals surface area contributed by atoms with Crippen LogP contribution in [0.15, 0.2) is 36.4 Å². The van der Waals surface area contributed by atoms with Gasteiger partial charge in [0.2, 0.25) is 0 Å². The van der Waals surface area contributed by atoms with Gasteiger partial charge in [-0.3, -0.25) is 0 Å². The van der Waals surface area contributed by atoms with Crippen LogP contribution >= 0.6 is 12.4 Å². The number of hydrogen-bond donors (Lipinski definition) is 2. The third kappa shape index (κ3) is 3.27. The predicted molar refractivity (Wildman–Crippen MR) is 108 cm³/mol. The molecule has 0 saturated heterocycles. The highest BCUT2D eigenvalue weighted by Gasteiger charge is 2.24. The van der Waals surface area contributed by atoms with E-state index in [-0.39, 0.29) is 18.4 Å². The number of halogens is 1. The molecule has 5 heteroatoms. The molecule has 2 aromatic carbocycles. The molecule has 1 aromatic heterocycles. The summed E-state index contributed by atoms with van der Waals surface area (Å²) in [5.74, 6) is 1.55. The summed E-state index contributed by atoms with van der Waals surface area (Å²) in [7, 11) is 3.34. The summed E-state index contributed by atoms with van der Waals surface area (Å²) in [6.45, 7) is 3.16. The first kappa shape index (κ1) is 18.6. The molecular weight excluding hydrogens is 348 g/mol. The first-order valence-corrected chi connectivity index (χ1v) is 8.75. The third-order valence-corrected chi connectivity index (χ3v) is 5.10. The molecule has 1 aliphatic heterocycles. The predicted octanol–water partition coefficient (Wildman–Crippen LogP) is 4.34. The molecule has 0 spiro atoms. The van der Waals surface area contributed by atoms with Crippen molar-refractivity contribution in [3.05, 3.63) is 58.8 Å². The lowest BCUT2D eigenvalue weighted by Gasteiger charge is -2.25. The van der Waals surface area contributed by atoms with Crippen molar-refractivity contribution in [2.75, 3.05) is 20.8 Å². The van der Waals surface area contributed by atoms with Crippen LogP contribution in [0, 0.1) is 6.92 Å². The topological polar surface area (TPSA) is 46.3 Å². The van der Waals surface area contributed by atoms with Gasteiger partial charge in [-0.1, -0.05) is 17.7 Å². The zero-order valence-corrected chi connectivity index (χ0v) is 16.2. The van der Waals surface area contributed by atoms with E-state index in [1.165, 1.54) is 33.3 Å². The normalized spacial score (nSPS) is 16.0. The molecule has 2 heterocycles. The van der Waals surface area contributed by atoms with Gasteiger partial charge in [-0.2, -0.15) is 0 Å². The summed E-state index contributed by atoms with van der Waals surface area (Å²) < 4.78 is 10.8. The van der Waals surface area contributed by atoms with Gasteiger partial charge in [0.05, 0.1) is 20.3 Å². The maximum Gasteiger partial charge on any atom is 0.160 e. The highest BCUT2D eigenvalue weighted by molar-refractivity contribution is 5.86. The molecule has 4 nitrogen and oxygen atoms in total. The van der Waals surface area contributed by atoms with Gasteiger partial charge >= 0.3 is 0 Å². The fraction of sp³-hybridized carbons (Fsp3) is 0.333. The summed E-state index contributed by atoms with van der Waals surface area (Å²) in [4.78, 5) is 3.65. The lowest BCUT2D eigenvalue weighted by Crippen LogP contribution is -2.31. The molecule has 1 atom stereocenters. The number of aryl methyl sites for hydroxylation is 1. The molecule has 1 unspecified atom stereocenters. The lowest BCUT2D eigenvalue weighted by atomic mass is 9.94. The summed E-state index contributed by atoms with van der Waals surface area (Å²) in [6, 6.07) is 13.1. The molecule has 0 radical (unpaired) electrons. The number of aromatic nitrogens is 1. The van der Waals surface area contributed by atoms with Crippen LogP contribution in [0.5, 0.6) is 11.5 Å². The lowest BCUT2D eigenvalue weighted by molar-refractivity contribution is 0.354. The zero-order valence-electron chi connectivity index (χ0n) is 15.4. The molecule has 0 saturated carbocycles. The average molecular weight is 373 g/mol. The van der Waals surface area contributed by atoms with Crippen LogP contribution in [-0.2, 0) is 12.8 Å². The number of rotatable bonds is 4. The largest absolute Gasteiger partial charge is 0.493 e. The molecule has 0 amide bonds. The molecule has 4 rings (SSSR count). The molecule has 0 fully saturated rings. The number of methoxy groups -OCH3 is 2. The fourth-order valence-electron chi connectivity index (χ4n) is 3.84. The molecule has 138 valence electrons. The molecule has 1 aliphatic rings. The summed E-state index contributed by atoms with van der Waals surface area (Å²) in [5.41, 5.74) is 6.56. The van der Waals surface area contributed by atoms with E-state index < -0.39 is 0 Å². The number of hydrogen-bond acceptors (Lipinski definition) is 3. The number of aromatic amines is 1. The van der Waals surface area contributed by atoms with E-state index in [9.17, 15) is 0 Å². The van der Waals surface area contributed by atoms with Gasteiger partial charge in [0.15, 0.2) is 11.5 Å². The van der Waals surface area contributed by atoms with E-state index in [1.54, 1.807) is 14.2 Å². The maximum absolute atomic E-state index is 5.44. The van der Waals surface area contributed by atoms with Crippen molar-refractivity contribution < 1.29 is 9.47 Å². The van der Waals surface area contributed by atoms with Crippen LogP contribution in [0.4, 0.5) is 0 Å². The van der Waals surface area contributed by atoms with Crippen molar-refractivity contribution in [1.82, 2.24) is 10.3 Å². The van der Waals surface area contributed by atoms with Gasteiger partial charge < -0.3 is 19.8 Å². The zero-order chi connectivity index (χ0) is 17.4. The van der Waals surface area contributed by atoms with Crippen molar-refractivity contribution in [2.24, 2.45) is 0 Å². The Labute approximate surface area is 160 Å². The van der Waals surface area contributed by atoms with E-state index in [2.05, 4.69) is 47.6 Å². The Morgan fingerprint density at radius 2 is 1.85 bits per heavy atom. The summed E-state index contributed by atoms with van der Waals surface area (Å²) in [6.07, 6.45) is 1.99. The van der Waals surface area contributed by atoms with Crippen molar-refractivity contribution >= 4 is 23.3 Å². The number of ether oxygens (including phenoxy) is 2. The van der Waals surface area contributed by atoms with Crippen molar-refractivity contribution in [1.29, 1.82) is 0 Å². The van der Waals surface area contributed by atoms with E-state index in [4.69, 9.17) is 9.47 Å². The Hall–Kier alpha value is -2.17. The SMILES string of the molecule is COc1ccc(CC2NCCc3c2[nH]c2ccc(C)cc32)cc1OC.Cl. The molecular formula is C21H25ClN2O2. The first-order chi connectivity index (χ1) is 12.2. The van der Waals surface area contributed by atoms with Crippen LogP contribution in [0.25, 0.3) is 10.9 Å². The summed E-state index contributed by atoms with van der Waals surface area (Å²) >= 11 is 0. The molecule has 26 heavy (non-hydrogen) atoms. The summed E-state index contributed by atoms with van der Waals surface area (Å²) in [5, 5.41) is 5.03. The second-order valence-corrected chi connectivity index (χ2v) is 6.72. The minimum absolute atomic E-state index is 0. The highest BCUT2D eigenvalue weighted by atomic mass is 35.5. The molecule has 3 aromatic rings. The quantitative estimate of drug-likeness (QED) is 0.715. The van der Waals surface area contributed by atoms with Gasteiger partial charge in [-0.05, 0) is 61.7 Å². The number of nitrogens with one attached hydrogen (secondary N) is 2. The first-order valence-electron chi connectivity index (χ1n) is 8.75. The maximum atomic E-state index is 5.44. The van der Waals surface area contributed by atoms with Gasteiger partial charge in [0, 0.05) is 16.6 Å². The Balaban J connectivity index is 0.00000196. The fourth-order valence-corrected chi connectivity index (χ4v) is 3.84. The Morgan fingerprint density at radius 3 is 2.62 bits per heavy atom. The Kier molecular flexibility index (Phi) is 5.44. The second-order valence-electron chi connectivity index (χ2n) is 6.72. The van der Waals surface area contributed by atoms with Crippen LogP contribution < -0.4 is 14.8 Å². The smallest absolute Gasteiger partial charge is 0.160 e. The van der Waals surface area contributed by atoms with Crippen molar-refractivity contribution in [3.8, 4) is 11.5 Å². The van der Waals surface area contributed by atoms with Crippen molar-refractivity contribution in [2.45, 2.75) is 25.8 Å². The minimum atomic E-state index is 0. The molecule has 0 aliphatic carbocycles. The van der Waals surface area contributed by atoms with E-state index in [0.717, 1.165) is 30.9 Å². The molecule has 2 N–H and O–H groups in total. The van der Waals surface area contributed by atoms with Crippen LogP contribution in [0.1, 0.15) is 28.4 Å².